The lowest BCUT2D eigenvalue weighted by atomic mass is 9.94. The van der Waals surface area contributed by atoms with Crippen LogP contribution in [0.2, 0.25) is 5.02 Å². The molecule has 0 aliphatic carbocycles. The monoisotopic (exact) mass is 359 g/mol. The lowest BCUT2D eigenvalue weighted by Gasteiger charge is -2.33. The van der Waals surface area contributed by atoms with Crippen molar-refractivity contribution in [2.75, 3.05) is 32.7 Å². The first-order valence-corrected chi connectivity index (χ1v) is 8.43. The fourth-order valence-electron chi connectivity index (χ4n) is 3.08. The largest absolute Gasteiger partial charge is 0.355 e. The van der Waals surface area contributed by atoms with Crippen LogP contribution in [-0.4, -0.2) is 43.5 Å². The molecule has 2 rings (SSSR count). The van der Waals surface area contributed by atoms with E-state index >= 15 is 0 Å². The van der Waals surface area contributed by atoms with Crippen LogP contribution >= 0.6 is 24.0 Å². The Morgan fingerprint density at radius 1 is 1.52 bits per heavy atom. The zero-order valence-corrected chi connectivity index (χ0v) is 15.2. The summed E-state index contributed by atoms with van der Waals surface area (Å²) in [5, 5.41) is 3.69. The summed E-state index contributed by atoms with van der Waals surface area (Å²) < 4.78 is 0. The van der Waals surface area contributed by atoms with E-state index in [9.17, 15) is 4.79 Å². The Hall–Kier alpha value is -0.810. The molecule has 1 aromatic carbocycles. The molecule has 2 atom stereocenters. The van der Waals surface area contributed by atoms with Crippen molar-refractivity contribution in [3.8, 4) is 0 Å². The molecule has 1 aliphatic rings. The van der Waals surface area contributed by atoms with Crippen molar-refractivity contribution in [2.24, 2.45) is 11.7 Å². The molecule has 23 heavy (non-hydrogen) atoms. The third-order valence-corrected chi connectivity index (χ3v) is 4.50. The highest BCUT2D eigenvalue weighted by molar-refractivity contribution is 6.30. The highest BCUT2D eigenvalue weighted by atomic mass is 35.5. The molecule has 0 bridgehead atoms. The molecule has 0 spiro atoms. The van der Waals surface area contributed by atoms with E-state index in [1.165, 1.54) is 5.56 Å². The molecule has 1 amide bonds. The lowest BCUT2D eigenvalue weighted by Crippen LogP contribution is -2.44. The summed E-state index contributed by atoms with van der Waals surface area (Å²) in [5.41, 5.74) is 6.69. The van der Waals surface area contributed by atoms with Gasteiger partial charge in [-0.25, -0.2) is 0 Å². The van der Waals surface area contributed by atoms with Crippen LogP contribution in [-0.2, 0) is 4.79 Å². The number of rotatable bonds is 6. The average Bonchev–Trinajstić information content (AvgIpc) is 2.52. The average molecular weight is 360 g/mol. The van der Waals surface area contributed by atoms with E-state index < -0.39 is 0 Å². The molecule has 130 valence electrons. The minimum Gasteiger partial charge on any atom is -0.355 e. The normalized spacial score (nSPS) is 19.7. The number of nitrogens with two attached hydrogens (primary N) is 1. The Labute approximate surface area is 150 Å². The minimum atomic E-state index is 0. The van der Waals surface area contributed by atoms with E-state index in [2.05, 4.69) is 23.2 Å². The number of benzene rings is 1. The van der Waals surface area contributed by atoms with Crippen LogP contribution in [0.25, 0.3) is 0 Å². The predicted molar refractivity (Wildman–Crippen MR) is 98.3 cm³/mol. The van der Waals surface area contributed by atoms with Gasteiger partial charge in [-0.15, -0.1) is 12.4 Å². The molecule has 3 N–H and O–H groups in total. The van der Waals surface area contributed by atoms with Crippen LogP contribution in [0.3, 0.4) is 0 Å². The zero-order valence-electron chi connectivity index (χ0n) is 13.6. The quantitative estimate of drug-likeness (QED) is 0.820. The van der Waals surface area contributed by atoms with Gasteiger partial charge in [-0.2, -0.15) is 0 Å². The van der Waals surface area contributed by atoms with Gasteiger partial charge >= 0.3 is 0 Å². The number of nitrogens with zero attached hydrogens (tertiary/aromatic N) is 1. The molecular formula is C17H27Cl2N3O. The van der Waals surface area contributed by atoms with Crippen LogP contribution in [0.5, 0.6) is 0 Å². The summed E-state index contributed by atoms with van der Waals surface area (Å²) in [5.74, 6) is 0.641. The molecule has 1 aliphatic heterocycles. The second-order valence-electron chi connectivity index (χ2n) is 6.13. The Kier molecular flexibility index (Phi) is 8.92. The maximum atomic E-state index is 12.1. The third-order valence-electron chi connectivity index (χ3n) is 4.27. The molecule has 1 saturated heterocycles. The van der Waals surface area contributed by atoms with Gasteiger partial charge in [0.05, 0.1) is 5.92 Å². The first kappa shape index (κ1) is 20.2. The van der Waals surface area contributed by atoms with Gasteiger partial charge in [0.15, 0.2) is 0 Å². The smallest absolute Gasteiger partial charge is 0.224 e. The number of likely N-dealkylation sites (tertiary alicyclic amines) is 1. The van der Waals surface area contributed by atoms with Crippen molar-refractivity contribution >= 4 is 29.9 Å². The SMILES string of the molecule is CC(CN1CCCC(C(=O)NCCN)C1)c1cccc(Cl)c1.Cl. The lowest BCUT2D eigenvalue weighted by molar-refractivity contribution is -0.126. The Bertz CT molecular complexity index is 498. The Morgan fingerprint density at radius 3 is 3.00 bits per heavy atom. The summed E-state index contributed by atoms with van der Waals surface area (Å²) >= 11 is 6.07. The van der Waals surface area contributed by atoms with Crippen molar-refractivity contribution in [2.45, 2.75) is 25.7 Å². The number of amides is 1. The second kappa shape index (κ2) is 10.1. The van der Waals surface area contributed by atoms with E-state index in [4.69, 9.17) is 17.3 Å². The zero-order chi connectivity index (χ0) is 15.9. The molecule has 1 aromatic rings. The molecule has 0 radical (unpaired) electrons. The van der Waals surface area contributed by atoms with Crippen LogP contribution in [0.15, 0.2) is 24.3 Å². The number of nitrogens with one attached hydrogen (secondary N) is 1. The van der Waals surface area contributed by atoms with E-state index in [1.54, 1.807) is 0 Å². The number of piperidine rings is 1. The molecule has 0 aromatic heterocycles. The van der Waals surface area contributed by atoms with Crippen LogP contribution < -0.4 is 11.1 Å². The predicted octanol–water partition coefficient (Wildman–Crippen LogP) is 2.65. The van der Waals surface area contributed by atoms with Gasteiger partial charge < -0.3 is 16.0 Å². The van der Waals surface area contributed by atoms with Gasteiger partial charge in [0.2, 0.25) is 5.91 Å². The number of halogens is 2. The second-order valence-corrected chi connectivity index (χ2v) is 6.57. The third kappa shape index (κ3) is 6.30. The van der Waals surface area contributed by atoms with E-state index in [0.717, 1.165) is 37.5 Å². The molecule has 1 fully saturated rings. The summed E-state index contributed by atoms with van der Waals surface area (Å²) in [6, 6.07) is 8.04. The molecule has 4 nitrogen and oxygen atoms in total. The van der Waals surface area contributed by atoms with Gasteiger partial charge in [-0.05, 0) is 43.0 Å². The molecule has 1 heterocycles. The molecule has 2 unspecified atom stereocenters. The fraction of sp³-hybridized carbons (Fsp3) is 0.588. The van der Waals surface area contributed by atoms with E-state index in [-0.39, 0.29) is 24.2 Å². The van der Waals surface area contributed by atoms with Crippen molar-refractivity contribution in [1.82, 2.24) is 10.2 Å². The van der Waals surface area contributed by atoms with Crippen LogP contribution in [0.1, 0.15) is 31.2 Å². The number of hydrogen-bond acceptors (Lipinski definition) is 3. The first-order chi connectivity index (χ1) is 10.6. The standard InChI is InChI=1S/C17H26ClN3O.ClH/c1-13(14-4-2-6-16(18)10-14)11-21-9-3-5-15(12-21)17(22)20-8-7-19;/h2,4,6,10,13,15H,3,5,7-9,11-12,19H2,1H3,(H,20,22);1H. The van der Waals surface area contributed by atoms with E-state index in [0.29, 0.717) is 19.0 Å². The van der Waals surface area contributed by atoms with Crippen LogP contribution in [0.4, 0.5) is 0 Å². The molecular weight excluding hydrogens is 333 g/mol. The van der Waals surface area contributed by atoms with Gasteiger partial charge in [0.1, 0.15) is 0 Å². The fourth-order valence-corrected chi connectivity index (χ4v) is 3.28. The molecule has 6 heteroatoms. The van der Waals surface area contributed by atoms with Crippen LogP contribution in [0, 0.1) is 5.92 Å². The van der Waals surface area contributed by atoms with Crippen molar-refractivity contribution in [3.05, 3.63) is 34.9 Å². The summed E-state index contributed by atoms with van der Waals surface area (Å²) in [4.78, 5) is 14.5. The summed E-state index contributed by atoms with van der Waals surface area (Å²) in [7, 11) is 0. The maximum Gasteiger partial charge on any atom is 0.224 e. The van der Waals surface area contributed by atoms with Crippen molar-refractivity contribution in [1.29, 1.82) is 0 Å². The van der Waals surface area contributed by atoms with Gasteiger partial charge in [0, 0.05) is 31.2 Å². The number of carbonyl (C=O) groups is 1. The topological polar surface area (TPSA) is 58.4 Å². The summed E-state index contributed by atoms with van der Waals surface area (Å²) in [6.45, 7) is 6.12. The Balaban J connectivity index is 0.00000264. The van der Waals surface area contributed by atoms with E-state index in [1.807, 2.05) is 18.2 Å². The number of carbonyl (C=O) groups excluding carboxylic acids is 1. The summed E-state index contributed by atoms with van der Waals surface area (Å²) in [6.07, 6.45) is 2.04. The minimum absolute atomic E-state index is 0. The number of hydrogen-bond donors (Lipinski definition) is 2. The highest BCUT2D eigenvalue weighted by Crippen LogP contribution is 2.23. The first-order valence-electron chi connectivity index (χ1n) is 8.05. The van der Waals surface area contributed by atoms with Gasteiger partial charge in [-0.3, -0.25) is 4.79 Å². The maximum absolute atomic E-state index is 12.1. The van der Waals surface area contributed by atoms with Crippen molar-refractivity contribution in [3.63, 3.8) is 0 Å². The van der Waals surface area contributed by atoms with Gasteiger partial charge in [-0.1, -0.05) is 30.7 Å². The Morgan fingerprint density at radius 2 is 2.30 bits per heavy atom. The molecule has 0 saturated carbocycles. The highest BCUT2D eigenvalue weighted by Gasteiger charge is 2.26. The van der Waals surface area contributed by atoms with Crippen molar-refractivity contribution < 1.29 is 4.79 Å². The van der Waals surface area contributed by atoms with Gasteiger partial charge in [0.25, 0.3) is 0 Å².